The Kier molecular flexibility index (Phi) is 6.15. The maximum Gasteiger partial charge on any atom is 0.191 e. The molecule has 6 heteroatoms. The van der Waals surface area contributed by atoms with Crippen molar-refractivity contribution in [2.45, 2.75) is 51.7 Å². The number of nitrogens with one attached hydrogen (secondary N) is 2. The molecule has 2 aromatic rings. The molecule has 3 rings (SSSR count). The zero-order valence-electron chi connectivity index (χ0n) is 15.8. The van der Waals surface area contributed by atoms with Crippen molar-refractivity contribution >= 4 is 5.96 Å². The second-order valence-electron chi connectivity index (χ2n) is 6.59. The molecule has 1 aliphatic rings. The first kappa shape index (κ1) is 18.3. The fraction of sp³-hybridized carbons (Fsp3) is 0.500. The van der Waals surface area contributed by atoms with Crippen LogP contribution in [0.3, 0.4) is 0 Å². The molecule has 0 fully saturated rings. The van der Waals surface area contributed by atoms with E-state index < -0.39 is 0 Å². The van der Waals surface area contributed by atoms with Crippen molar-refractivity contribution < 1.29 is 9.26 Å². The van der Waals surface area contributed by atoms with Gasteiger partial charge in [0.25, 0.3) is 0 Å². The third-order valence-corrected chi connectivity index (χ3v) is 4.85. The molecule has 1 aromatic carbocycles. The van der Waals surface area contributed by atoms with Gasteiger partial charge in [0.2, 0.25) is 0 Å². The summed E-state index contributed by atoms with van der Waals surface area (Å²) in [7, 11) is 1.76. The van der Waals surface area contributed by atoms with Gasteiger partial charge >= 0.3 is 0 Å². The maximum absolute atomic E-state index is 5.95. The van der Waals surface area contributed by atoms with Crippen LogP contribution in [-0.4, -0.2) is 30.8 Å². The Labute approximate surface area is 155 Å². The fourth-order valence-electron chi connectivity index (χ4n) is 3.28. The van der Waals surface area contributed by atoms with E-state index in [2.05, 4.69) is 40.7 Å². The maximum atomic E-state index is 5.95. The molecule has 0 aliphatic carbocycles. The van der Waals surface area contributed by atoms with E-state index in [1.54, 1.807) is 7.05 Å². The number of nitrogens with zero attached hydrogens (tertiary/aromatic N) is 2. The van der Waals surface area contributed by atoms with E-state index >= 15 is 0 Å². The largest absolute Gasteiger partial charge is 0.488 e. The number of benzene rings is 1. The molecular formula is C20H28N4O2. The molecular weight excluding hydrogens is 328 g/mol. The van der Waals surface area contributed by atoms with Crippen LogP contribution in [0.2, 0.25) is 0 Å². The molecule has 1 atom stereocenters. The number of aliphatic imine (C=N–C) groups is 1. The van der Waals surface area contributed by atoms with Crippen LogP contribution in [-0.2, 0) is 13.0 Å². The van der Waals surface area contributed by atoms with E-state index in [1.165, 1.54) is 5.56 Å². The molecule has 2 N–H and O–H groups in total. The quantitative estimate of drug-likeness (QED) is 0.589. The topological polar surface area (TPSA) is 71.7 Å². The van der Waals surface area contributed by atoms with Crippen molar-refractivity contribution in [3.8, 4) is 5.75 Å². The van der Waals surface area contributed by atoms with Crippen molar-refractivity contribution in [2.75, 3.05) is 13.6 Å². The highest BCUT2D eigenvalue weighted by Gasteiger charge is 2.22. The van der Waals surface area contributed by atoms with Crippen LogP contribution in [0.25, 0.3) is 0 Å². The highest BCUT2D eigenvalue weighted by atomic mass is 16.5. The summed E-state index contributed by atoms with van der Waals surface area (Å²) in [6.45, 7) is 5.61. The summed E-state index contributed by atoms with van der Waals surface area (Å²) in [6, 6.07) is 10.2. The average Bonchev–Trinajstić information content (AvgIpc) is 3.29. The van der Waals surface area contributed by atoms with Gasteiger partial charge in [0.05, 0.1) is 18.8 Å². The Morgan fingerprint density at radius 1 is 1.27 bits per heavy atom. The lowest BCUT2D eigenvalue weighted by atomic mass is 9.99. The molecule has 2 heterocycles. The SMILES string of the molecule is CCC(CC)c1cc(CNC(=NC)NCC2Cc3ccccc3O2)on1. The molecule has 1 aromatic heterocycles. The molecule has 140 valence electrons. The predicted molar refractivity (Wildman–Crippen MR) is 103 cm³/mol. The van der Waals surface area contributed by atoms with Gasteiger partial charge in [-0.1, -0.05) is 37.2 Å². The minimum absolute atomic E-state index is 0.123. The molecule has 0 saturated heterocycles. The minimum atomic E-state index is 0.123. The van der Waals surface area contributed by atoms with E-state index in [1.807, 2.05) is 24.3 Å². The lowest BCUT2D eigenvalue weighted by molar-refractivity contribution is 0.235. The first-order valence-corrected chi connectivity index (χ1v) is 9.38. The number of aromatic nitrogens is 1. The summed E-state index contributed by atoms with van der Waals surface area (Å²) >= 11 is 0. The first-order valence-electron chi connectivity index (χ1n) is 9.38. The van der Waals surface area contributed by atoms with Crippen LogP contribution in [0.5, 0.6) is 5.75 Å². The number of rotatable bonds is 7. The predicted octanol–water partition coefficient (Wildman–Crippen LogP) is 3.25. The average molecular weight is 356 g/mol. The summed E-state index contributed by atoms with van der Waals surface area (Å²) in [5.74, 6) is 2.99. The van der Waals surface area contributed by atoms with Crippen molar-refractivity contribution in [1.82, 2.24) is 15.8 Å². The fourth-order valence-corrected chi connectivity index (χ4v) is 3.28. The van der Waals surface area contributed by atoms with Gasteiger partial charge in [-0.15, -0.1) is 0 Å². The van der Waals surface area contributed by atoms with Gasteiger partial charge in [-0.05, 0) is 24.5 Å². The summed E-state index contributed by atoms with van der Waals surface area (Å²) < 4.78 is 11.4. The summed E-state index contributed by atoms with van der Waals surface area (Å²) in [5, 5.41) is 10.8. The Morgan fingerprint density at radius 2 is 2.08 bits per heavy atom. The molecule has 1 aliphatic heterocycles. The number of hydrogen-bond donors (Lipinski definition) is 2. The van der Waals surface area contributed by atoms with Crippen molar-refractivity contribution in [1.29, 1.82) is 0 Å². The van der Waals surface area contributed by atoms with Crippen LogP contribution in [0.4, 0.5) is 0 Å². The van der Waals surface area contributed by atoms with E-state index in [4.69, 9.17) is 9.26 Å². The minimum Gasteiger partial charge on any atom is -0.488 e. The molecule has 6 nitrogen and oxygen atoms in total. The Morgan fingerprint density at radius 3 is 2.81 bits per heavy atom. The van der Waals surface area contributed by atoms with E-state index in [9.17, 15) is 0 Å². The van der Waals surface area contributed by atoms with Gasteiger partial charge < -0.3 is 19.9 Å². The number of ether oxygens (including phenoxy) is 1. The zero-order chi connectivity index (χ0) is 18.4. The molecule has 0 amide bonds. The van der Waals surface area contributed by atoms with E-state index in [0.717, 1.165) is 42.4 Å². The van der Waals surface area contributed by atoms with E-state index in [-0.39, 0.29) is 6.10 Å². The molecule has 0 saturated carbocycles. The highest BCUT2D eigenvalue weighted by Crippen LogP contribution is 2.27. The normalized spacial score (nSPS) is 16.5. The lowest BCUT2D eigenvalue weighted by Gasteiger charge is -2.15. The van der Waals surface area contributed by atoms with Gasteiger partial charge in [0, 0.05) is 25.5 Å². The smallest absolute Gasteiger partial charge is 0.191 e. The van der Waals surface area contributed by atoms with Crippen LogP contribution in [0.1, 0.15) is 49.6 Å². The number of fused-ring (bicyclic) bond motifs is 1. The van der Waals surface area contributed by atoms with Crippen molar-refractivity contribution in [3.63, 3.8) is 0 Å². The van der Waals surface area contributed by atoms with Gasteiger partial charge in [-0.3, -0.25) is 4.99 Å². The lowest BCUT2D eigenvalue weighted by Crippen LogP contribution is -2.41. The molecule has 26 heavy (non-hydrogen) atoms. The zero-order valence-corrected chi connectivity index (χ0v) is 15.8. The van der Waals surface area contributed by atoms with Crippen LogP contribution >= 0.6 is 0 Å². The van der Waals surface area contributed by atoms with Crippen LogP contribution < -0.4 is 15.4 Å². The van der Waals surface area contributed by atoms with Crippen molar-refractivity contribution in [3.05, 3.63) is 47.3 Å². The monoisotopic (exact) mass is 356 g/mol. The van der Waals surface area contributed by atoms with E-state index in [0.29, 0.717) is 19.0 Å². The standard InChI is InChI=1S/C20H28N4O2/c1-4-14(5-2)18-11-17(26-24-18)13-23-20(21-3)22-12-16-10-15-8-6-7-9-19(15)25-16/h6-9,11,14,16H,4-5,10,12-13H2,1-3H3,(H2,21,22,23). The summed E-state index contributed by atoms with van der Waals surface area (Å²) in [6.07, 6.45) is 3.19. The second kappa shape index (κ2) is 8.74. The Bertz CT molecular complexity index is 712. The molecule has 0 bridgehead atoms. The van der Waals surface area contributed by atoms with Gasteiger partial charge in [-0.25, -0.2) is 0 Å². The Balaban J connectivity index is 1.46. The third kappa shape index (κ3) is 4.36. The summed E-state index contributed by atoms with van der Waals surface area (Å²) in [5.41, 5.74) is 2.30. The van der Waals surface area contributed by atoms with Gasteiger partial charge in [0.15, 0.2) is 11.7 Å². The summed E-state index contributed by atoms with van der Waals surface area (Å²) in [4.78, 5) is 4.26. The number of hydrogen-bond acceptors (Lipinski definition) is 4. The van der Waals surface area contributed by atoms with Crippen LogP contribution in [0.15, 0.2) is 39.8 Å². The second-order valence-corrected chi connectivity index (χ2v) is 6.59. The van der Waals surface area contributed by atoms with Crippen LogP contribution in [0, 0.1) is 0 Å². The Hall–Kier alpha value is -2.50. The molecule has 0 spiro atoms. The van der Waals surface area contributed by atoms with Crippen molar-refractivity contribution in [2.24, 2.45) is 4.99 Å². The number of para-hydroxylation sites is 1. The van der Waals surface area contributed by atoms with Gasteiger partial charge in [0.1, 0.15) is 11.9 Å². The first-order chi connectivity index (χ1) is 12.7. The third-order valence-electron chi connectivity index (χ3n) is 4.85. The molecule has 0 radical (unpaired) electrons. The number of guanidine groups is 1. The molecule has 1 unspecified atom stereocenters. The highest BCUT2D eigenvalue weighted by molar-refractivity contribution is 5.79. The van der Waals surface area contributed by atoms with Gasteiger partial charge in [-0.2, -0.15) is 0 Å².